The monoisotopic (exact) mass is 420 g/mol. The number of nitrogens with one attached hydrogen (secondary N) is 1. The van der Waals surface area contributed by atoms with Gasteiger partial charge in [-0.1, -0.05) is 24.3 Å². The van der Waals surface area contributed by atoms with Gasteiger partial charge in [0.25, 0.3) is 5.91 Å². The summed E-state index contributed by atoms with van der Waals surface area (Å²) in [5, 5.41) is 4.66. The number of carbonyl (C=O) groups is 2. The third kappa shape index (κ3) is 4.24. The first-order chi connectivity index (χ1) is 15.0. The van der Waals surface area contributed by atoms with E-state index in [-0.39, 0.29) is 23.5 Å². The number of nitrogens with zero attached hydrogens (tertiary/aromatic N) is 1. The van der Waals surface area contributed by atoms with Crippen LogP contribution in [0.5, 0.6) is 5.75 Å². The number of rotatable bonds is 4. The molecule has 1 aliphatic heterocycles. The van der Waals surface area contributed by atoms with E-state index in [0.717, 1.165) is 16.5 Å². The standard InChI is InChI=1S/C25H25FN2O3/c1-16-15-18(26)7-9-22(16)27-24(29)17-11-13-28(14-12-17)25(30)21-8-10-23(31-2)20-6-4-3-5-19(20)21/h3-10,15,17H,11-14H2,1-2H3,(H,27,29). The zero-order valence-electron chi connectivity index (χ0n) is 17.7. The molecule has 0 aliphatic carbocycles. The number of piperidine rings is 1. The highest BCUT2D eigenvalue weighted by Crippen LogP contribution is 2.30. The maximum Gasteiger partial charge on any atom is 0.254 e. The Morgan fingerprint density at radius 1 is 1.03 bits per heavy atom. The number of benzene rings is 3. The van der Waals surface area contributed by atoms with Crippen molar-refractivity contribution in [3.05, 3.63) is 71.5 Å². The van der Waals surface area contributed by atoms with E-state index in [4.69, 9.17) is 4.74 Å². The second-order valence-corrected chi connectivity index (χ2v) is 7.88. The molecule has 1 fully saturated rings. The number of aryl methyl sites for hydroxylation is 1. The molecule has 4 rings (SSSR count). The molecule has 0 radical (unpaired) electrons. The zero-order chi connectivity index (χ0) is 22.0. The summed E-state index contributed by atoms with van der Waals surface area (Å²) >= 11 is 0. The van der Waals surface area contributed by atoms with Gasteiger partial charge in [-0.25, -0.2) is 4.39 Å². The average molecular weight is 420 g/mol. The number of anilines is 1. The molecular weight excluding hydrogens is 395 g/mol. The van der Waals surface area contributed by atoms with E-state index in [9.17, 15) is 14.0 Å². The molecule has 6 heteroatoms. The molecule has 0 atom stereocenters. The number of likely N-dealkylation sites (tertiary alicyclic amines) is 1. The SMILES string of the molecule is COc1ccc(C(=O)N2CCC(C(=O)Nc3ccc(F)cc3C)CC2)c2ccccc12. The second kappa shape index (κ2) is 8.76. The first-order valence-corrected chi connectivity index (χ1v) is 10.4. The third-order valence-electron chi connectivity index (χ3n) is 5.93. The molecule has 0 bridgehead atoms. The summed E-state index contributed by atoms with van der Waals surface area (Å²) in [5.41, 5.74) is 1.95. The molecule has 1 saturated heterocycles. The molecule has 3 aromatic carbocycles. The summed E-state index contributed by atoms with van der Waals surface area (Å²) in [6.45, 7) is 2.79. The zero-order valence-corrected chi connectivity index (χ0v) is 17.7. The van der Waals surface area contributed by atoms with Crippen LogP contribution in [0, 0.1) is 18.7 Å². The van der Waals surface area contributed by atoms with Crippen LogP contribution in [-0.2, 0) is 4.79 Å². The Morgan fingerprint density at radius 2 is 1.74 bits per heavy atom. The Labute approximate surface area is 180 Å². The van der Waals surface area contributed by atoms with Crippen molar-refractivity contribution in [1.82, 2.24) is 4.90 Å². The smallest absolute Gasteiger partial charge is 0.254 e. The Bertz CT molecular complexity index is 1140. The van der Waals surface area contributed by atoms with Gasteiger partial charge in [0.05, 0.1) is 7.11 Å². The predicted molar refractivity (Wildman–Crippen MR) is 119 cm³/mol. The fourth-order valence-electron chi connectivity index (χ4n) is 4.15. The number of amides is 2. The van der Waals surface area contributed by atoms with Gasteiger partial charge in [-0.3, -0.25) is 9.59 Å². The van der Waals surface area contributed by atoms with Crippen LogP contribution < -0.4 is 10.1 Å². The van der Waals surface area contributed by atoms with Gasteiger partial charge in [0.2, 0.25) is 5.91 Å². The molecule has 1 N–H and O–H groups in total. The van der Waals surface area contributed by atoms with Gasteiger partial charge in [-0.05, 0) is 61.0 Å². The van der Waals surface area contributed by atoms with Crippen LogP contribution in [0.25, 0.3) is 10.8 Å². The highest BCUT2D eigenvalue weighted by Gasteiger charge is 2.29. The number of methoxy groups -OCH3 is 1. The highest BCUT2D eigenvalue weighted by molar-refractivity contribution is 6.08. The molecular formula is C25H25FN2O3. The fourth-order valence-corrected chi connectivity index (χ4v) is 4.15. The van der Waals surface area contributed by atoms with Gasteiger partial charge in [0.1, 0.15) is 11.6 Å². The lowest BCUT2D eigenvalue weighted by molar-refractivity contribution is -0.121. The van der Waals surface area contributed by atoms with E-state index >= 15 is 0 Å². The van der Waals surface area contributed by atoms with Crippen molar-refractivity contribution in [3.63, 3.8) is 0 Å². The van der Waals surface area contributed by atoms with Crippen molar-refractivity contribution < 1.29 is 18.7 Å². The van der Waals surface area contributed by atoms with E-state index in [1.807, 2.05) is 30.3 Å². The lowest BCUT2D eigenvalue weighted by atomic mass is 9.94. The van der Waals surface area contributed by atoms with Gasteiger partial charge in [-0.2, -0.15) is 0 Å². The van der Waals surface area contributed by atoms with Crippen LogP contribution in [0.3, 0.4) is 0 Å². The van der Waals surface area contributed by atoms with E-state index in [2.05, 4.69) is 5.32 Å². The average Bonchev–Trinajstić information content (AvgIpc) is 2.79. The third-order valence-corrected chi connectivity index (χ3v) is 5.93. The molecule has 31 heavy (non-hydrogen) atoms. The van der Waals surface area contributed by atoms with Gasteiger partial charge < -0.3 is 15.0 Å². The Hall–Kier alpha value is -3.41. The summed E-state index contributed by atoms with van der Waals surface area (Å²) in [4.78, 5) is 27.7. The normalized spacial score (nSPS) is 14.5. The lowest BCUT2D eigenvalue weighted by Crippen LogP contribution is -2.41. The van der Waals surface area contributed by atoms with Crippen LogP contribution in [0.1, 0.15) is 28.8 Å². The van der Waals surface area contributed by atoms with Crippen LogP contribution in [0.4, 0.5) is 10.1 Å². The number of halogens is 1. The van der Waals surface area contributed by atoms with E-state index < -0.39 is 0 Å². The molecule has 1 heterocycles. The van der Waals surface area contributed by atoms with Crippen LogP contribution in [-0.4, -0.2) is 36.9 Å². The van der Waals surface area contributed by atoms with Gasteiger partial charge in [0, 0.05) is 35.6 Å². The molecule has 0 saturated carbocycles. The summed E-state index contributed by atoms with van der Waals surface area (Å²) in [6.07, 6.45) is 1.18. The first-order valence-electron chi connectivity index (χ1n) is 10.4. The molecule has 3 aromatic rings. The molecule has 0 unspecified atom stereocenters. The predicted octanol–water partition coefficient (Wildman–Crippen LogP) is 4.79. The second-order valence-electron chi connectivity index (χ2n) is 7.88. The Kier molecular flexibility index (Phi) is 5.89. The Morgan fingerprint density at radius 3 is 2.42 bits per heavy atom. The molecule has 160 valence electrons. The summed E-state index contributed by atoms with van der Waals surface area (Å²) < 4.78 is 18.7. The van der Waals surface area contributed by atoms with Gasteiger partial charge in [0.15, 0.2) is 0 Å². The number of fused-ring (bicyclic) bond motifs is 1. The highest BCUT2D eigenvalue weighted by atomic mass is 19.1. The van der Waals surface area contributed by atoms with Crippen molar-refractivity contribution in [3.8, 4) is 5.75 Å². The van der Waals surface area contributed by atoms with Crippen molar-refractivity contribution in [1.29, 1.82) is 0 Å². The number of ether oxygens (including phenoxy) is 1. The van der Waals surface area contributed by atoms with Crippen LogP contribution in [0.15, 0.2) is 54.6 Å². The lowest BCUT2D eigenvalue weighted by Gasteiger charge is -2.32. The van der Waals surface area contributed by atoms with Gasteiger partial charge in [-0.15, -0.1) is 0 Å². The summed E-state index contributed by atoms with van der Waals surface area (Å²) in [5.74, 6) is 0.108. The topological polar surface area (TPSA) is 58.6 Å². The van der Waals surface area contributed by atoms with E-state index in [0.29, 0.717) is 42.7 Å². The van der Waals surface area contributed by atoms with E-state index in [1.165, 1.54) is 12.1 Å². The van der Waals surface area contributed by atoms with Gasteiger partial charge >= 0.3 is 0 Å². The minimum Gasteiger partial charge on any atom is -0.496 e. The minimum atomic E-state index is -0.326. The number of hydrogen-bond donors (Lipinski definition) is 1. The summed E-state index contributed by atoms with van der Waals surface area (Å²) in [7, 11) is 1.62. The molecule has 2 amide bonds. The van der Waals surface area contributed by atoms with Crippen molar-refractivity contribution in [2.24, 2.45) is 5.92 Å². The fraction of sp³-hybridized carbons (Fsp3) is 0.280. The Balaban J connectivity index is 1.44. The molecule has 0 aromatic heterocycles. The van der Waals surface area contributed by atoms with E-state index in [1.54, 1.807) is 31.1 Å². The maximum atomic E-state index is 13.3. The van der Waals surface area contributed by atoms with Crippen LogP contribution >= 0.6 is 0 Å². The molecule has 5 nitrogen and oxygen atoms in total. The largest absolute Gasteiger partial charge is 0.496 e. The molecule has 1 aliphatic rings. The first kappa shape index (κ1) is 20.8. The minimum absolute atomic E-state index is 0.0351. The van der Waals surface area contributed by atoms with Crippen molar-refractivity contribution >= 4 is 28.3 Å². The summed E-state index contributed by atoms with van der Waals surface area (Å²) in [6, 6.07) is 15.6. The number of carbonyl (C=O) groups excluding carboxylic acids is 2. The quantitative estimate of drug-likeness (QED) is 0.660. The number of hydrogen-bond acceptors (Lipinski definition) is 3. The van der Waals surface area contributed by atoms with Crippen molar-refractivity contribution in [2.75, 3.05) is 25.5 Å². The van der Waals surface area contributed by atoms with Crippen LogP contribution in [0.2, 0.25) is 0 Å². The van der Waals surface area contributed by atoms with Crippen molar-refractivity contribution in [2.45, 2.75) is 19.8 Å². The maximum absolute atomic E-state index is 13.3. The molecule has 0 spiro atoms.